The Kier molecular flexibility index (Phi) is 5.83. The van der Waals surface area contributed by atoms with E-state index in [9.17, 15) is 4.79 Å². The van der Waals surface area contributed by atoms with Crippen LogP contribution < -0.4 is 10.1 Å². The number of imidazole rings is 1. The fraction of sp³-hybridized carbons (Fsp3) is 0.455. The number of carbonyl (C=O) groups excluding carboxylic acids is 1. The van der Waals surface area contributed by atoms with Gasteiger partial charge in [0.2, 0.25) is 5.91 Å². The van der Waals surface area contributed by atoms with Crippen molar-refractivity contribution in [3.05, 3.63) is 36.8 Å². The van der Waals surface area contributed by atoms with E-state index < -0.39 is 0 Å². The highest BCUT2D eigenvalue weighted by molar-refractivity contribution is 5.77. The predicted molar refractivity (Wildman–Crippen MR) is 115 cm³/mol. The quantitative estimate of drug-likeness (QED) is 0.646. The number of hydrogen-bond donors (Lipinski definition) is 1. The molecular weight excluding hydrogens is 380 g/mol. The van der Waals surface area contributed by atoms with Crippen molar-refractivity contribution < 1.29 is 9.53 Å². The van der Waals surface area contributed by atoms with E-state index in [0.717, 1.165) is 42.1 Å². The molecule has 1 saturated heterocycles. The molecule has 0 spiro atoms. The molecule has 1 N–H and O–H groups in total. The zero-order chi connectivity index (χ0) is 21.1. The largest absolute Gasteiger partial charge is 0.494 e. The second-order valence-electron chi connectivity index (χ2n) is 8.07. The lowest BCUT2D eigenvalue weighted by atomic mass is 10.1. The number of hydrogen-bond acceptors (Lipinski definition) is 6. The second-order valence-corrected chi connectivity index (χ2v) is 8.07. The van der Waals surface area contributed by atoms with E-state index in [1.807, 2.05) is 23.1 Å². The number of pyridine rings is 1. The Balaban J connectivity index is 1.52. The molecule has 8 heteroatoms. The fourth-order valence-electron chi connectivity index (χ4n) is 3.97. The number of ether oxygens (including phenoxy) is 1. The van der Waals surface area contributed by atoms with Crippen molar-refractivity contribution >= 4 is 17.4 Å². The number of nitrogens with one attached hydrogen (secondary N) is 1. The average Bonchev–Trinajstić information content (AvgIpc) is 3.38. The first-order valence-corrected chi connectivity index (χ1v) is 10.4. The minimum Gasteiger partial charge on any atom is -0.494 e. The minimum absolute atomic E-state index is 0.205. The van der Waals surface area contributed by atoms with Gasteiger partial charge in [0.1, 0.15) is 11.6 Å². The van der Waals surface area contributed by atoms with Gasteiger partial charge in [0.25, 0.3) is 0 Å². The van der Waals surface area contributed by atoms with Gasteiger partial charge < -0.3 is 15.0 Å². The van der Waals surface area contributed by atoms with E-state index in [1.54, 1.807) is 30.2 Å². The van der Waals surface area contributed by atoms with E-state index >= 15 is 0 Å². The van der Waals surface area contributed by atoms with Crippen LogP contribution in [0.15, 0.2) is 36.8 Å². The summed E-state index contributed by atoms with van der Waals surface area (Å²) in [5.41, 5.74) is 2.47. The SMILES string of the molecule is COc1cnccc1-c1cnc2ccc(NCC3CCCN3C(=O)CC(C)C)nn12. The highest BCUT2D eigenvalue weighted by Gasteiger charge is 2.28. The zero-order valence-electron chi connectivity index (χ0n) is 17.7. The number of nitrogens with zero attached hydrogens (tertiary/aromatic N) is 5. The van der Waals surface area contributed by atoms with Crippen LogP contribution >= 0.6 is 0 Å². The van der Waals surface area contributed by atoms with Crippen LogP contribution in [0.5, 0.6) is 5.75 Å². The molecule has 0 radical (unpaired) electrons. The Morgan fingerprint density at radius 1 is 1.30 bits per heavy atom. The van der Waals surface area contributed by atoms with Crippen molar-refractivity contribution in [3.8, 4) is 17.0 Å². The van der Waals surface area contributed by atoms with E-state index in [0.29, 0.717) is 24.6 Å². The topological polar surface area (TPSA) is 84.7 Å². The molecule has 1 aliphatic rings. The van der Waals surface area contributed by atoms with E-state index in [4.69, 9.17) is 9.84 Å². The van der Waals surface area contributed by atoms with Gasteiger partial charge >= 0.3 is 0 Å². The van der Waals surface area contributed by atoms with Crippen molar-refractivity contribution in [1.82, 2.24) is 24.5 Å². The first kappa shape index (κ1) is 20.1. The van der Waals surface area contributed by atoms with Gasteiger partial charge in [0, 0.05) is 37.3 Å². The summed E-state index contributed by atoms with van der Waals surface area (Å²) in [6.07, 6.45) is 7.86. The van der Waals surface area contributed by atoms with Crippen molar-refractivity contribution in [1.29, 1.82) is 0 Å². The van der Waals surface area contributed by atoms with Crippen LogP contribution in [-0.2, 0) is 4.79 Å². The molecule has 0 saturated carbocycles. The van der Waals surface area contributed by atoms with Gasteiger partial charge in [0.15, 0.2) is 5.65 Å². The summed E-state index contributed by atoms with van der Waals surface area (Å²) in [5, 5.41) is 8.15. The average molecular weight is 409 g/mol. The number of carbonyl (C=O) groups is 1. The summed E-state index contributed by atoms with van der Waals surface area (Å²) in [5.74, 6) is 2.04. The van der Waals surface area contributed by atoms with Gasteiger partial charge in [0.05, 0.1) is 25.2 Å². The molecule has 1 unspecified atom stereocenters. The molecule has 3 aromatic rings. The maximum absolute atomic E-state index is 12.5. The van der Waals surface area contributed by atoms with E-state index in [2.05, 4.69) is 29.1 Å². The van der Waals surface area contributed by atoms with Crippen molar-refractivity contribution in [2.75, 3.05) is 25.5 Å². The van der Waals surface area contributed by atoms with Crippen molar-refractivity contribution in [3.63, 3.8) is 0 Å². The molecule has 4 rings (SSSR count). The lowest BCUT2D eigenvalue weighted by Gasteiger charge is -2.26. The molecule has 1 atom stereocenters. The van der Waals surface area contributed by atoms with Crippen molar-refractivity contribution in [2.24, 2.45) is 5.92 Å². The third-order valence-corrected chi connectivity index (χ3v) is 5.44. The number of amides is 1. The smallest absolute Gasteiger partial charge is 0.223 e. The van der Waals surface area contributed by atoms with E-state index in [1.165, 1.54) is 0 Å². The van der Waals surface area contributed by atoms with Crippen LogP contribution in [0.25, 0.3) is 16.9 Å². The summed E-state index contributed by atoms with van der Waals surface area (Å²) in [6.45, 7) is 5.70. The second kappa shape index (κ2) is 8.69. The van der Waals surface area contributed by atoms with Crippen LogP contribution in [0.2, 0.25) is 0 Å². The van der Waals surface area contributed by atoms with Crippen LogP contribution in [0.3, 0.4) is 0 Å². The molecule has 8 nitrogen and oxygen atoms in total. The van der Waals surface area contributed by atoms with Gasteiger partial charge in [-0.1, -0.05) is 13.8 Å². The Labute approximate surface area is 176 Å². The lowest BCUT2D eigenvalue weighted by molar-refractivity contribution is -0.132. The molecule has 0 aromatic carbocycles. The summed E-state index contributed by atoms with van der Waals surface area (Å²) in [7, 11) is 1.62. The molecule has 1 fully saturated rings. The third kappa shape index (κ3) is 4.08. The van der Waals surface area contributed by atoms with Gasteiger partial charge in [-0.25, -0.2) is 9.50 Å². The summed E-state index contributed by atoms with van der Waals surface area (Å²) < 4.78 is 7.24. The van der Waals surface area contributed by atoms with Crippen LogP contribution in [0.1, 0.15) is 33.1 Å². The minimum atomic E-state index is 0.205. The maximum Gasteiger partial charge on any atom is 0.223 e. The number of fused-ring (bicyclic) bond motifs is 1. The molecular formula is C22H28N6O2. The normalized spacial score (nSPS) is 16.4. The Hall–Kier alpha value is -3.16. The Bertz CT molecular complexity index is 1030. The maximum atomic E-state index is 12.5. The number of rotatable bonds is 7. The molecule has 4 heterocycles. The van der Waals surface area contributed by atoms with Crippen LogP contribution in [-0.4, -0.2) is 56.6 Å². The summed E-state index contributed by atoms with van der Waals surface area (Å²) in [4.78, 5) is 23.1. The Morgan fingerprint density at radius 2 is 2.17 bits per heavy atom. The molecule has 1 amide bonds. The summed E-state index contributed by atoms with van der Waals surface area (Å²) >= 11 is 0. The first-order chi connectivity index (χ1) is 14.6. The fourth-order valence-corrected chi connectivity index (χ4v) is 3.97. The Morgan fingerprint density at radius 3 is 2.97 bits per heavy atom. The van der Waals surface area contributed by atoms with Gasteiger partial charge in [-0.05, 0) is 37.0 Å². The molecule has 1 aliphatic heterocycles. The zero-order valence-corrected chi connectivity index (χ0v) is 17.7. The first-order valence-electron chi connectivity index (χ1n) is 10.4. The van der Waals surface area contributed by atoms with Gasteiger partial charge in [-0.3, -0.25) is 9.78 Å². The predicted octanol–water partition coefficient (Wildman–Crippen LogP) is 3.25. The summed E-state index contributed by atoms with van der Waals surface area (Å²) in [6, 6.07) is 5.95. The van der Waals surface area contributed by atoms with Gasteiger partial charge in [-0.15, -0.1) is 5.10 Å². The van der Waals surface area contributed by atoms with Crippen LogP contribution in [0.4, 0.5) is 5.82 Å². The highest BCUT2D eigenvalue weighted by Crippen LogP contribution is 2.29. The van der Waals surface area contributed by atoms with Gasteiger partial charge in [-0.2, -0.15) is 0 Å². The lowest BCUT2D eigenvalue weighted by Crippen LogP contribution is -2.40. The molecule has 158 valence electrons. The molecule has 0 aliphatic carbocycles. The number of aromatic nitrogens is 4. The number of anilines is 1. The van der Waals surface area contributed by atoms with Crippen LogP contribution in [0, 0.1) is 5.92 Å². The number of methoxy groups -OCH3 is 1. The monoisotopic (exact) mass is 408 g/mol. The molecule has 0 bridgehead atoms. The third-order valence-electron chi connectivity index (χ3n) is 5.44. The van der Waals surface area contributed by atoms with E-state index in [-0.39, 0.29) is 11.9 Å². The molecule has 3 aromatic heterocycles. The standard InChI is InChI=1S/C22H28N6O2/c1-15(2)11-22(29)27-10-4-5-16(27)12-24-20-6-7-21-25-13-18(28(21)26-20)17-8-9-23-14-19(17)30-3/h6-9,13-16H,4-5,10-12H2,1-3H3,(H,24,26). The highest BCUT2D eigenvalue weighted by atomic mass is 16.5. The molecule has 30 heavy (non-hydrogen) atoms. The van der Waals surface area contributed by atoms with Crippen molar-refractivity contribution in [2.45, 2.75) is 39.2 Å². The number of likely N-dealkylation sites (tertiary alicyclic amines) is 1.